The van der Waals surface area contributed by atoms with Gasteiger partial charge in [-0.3, -0.25) is 0 Å². The lowest BCUT2D eigenvalue weighted by Crippen LogP contribution is -2.24. The van der Waals surface area contributed by atoms with Crippen LogP contribution in [-0.2, 0) is 6.18 Å². The van der Waals surface area contributed by atoms with Crippen LogP contribution in [0.5, 0.6) is 0 Å². The van der Waals surface area contributed by atoms with Crippen LogP contribution in [0.3, 0.4) is 0 Å². The molecule has 0 aliphatic carbocycles. The van der Waals surface area contributed by atoms with E-state index in [1.165, 1.54) is 25.0 Å². The average Bonchev–Trinajstić information content (AvgIpc) is 2.27. The van der Waals surface area contributed by atoms with Crippen molar-refractivity contribution >= 4 is 0 Å². The molecule has 100 valence electrons. The number of rotatable bonds is 1. The van der Waals surface area contributed by atoms with E-state index in [9.17, 15) is 13.2 Å². The van der Waals surface area contributed by atoms with E-state index in [1.54, 1.807) is 12.1 Å². The second-order valence-electron chi connectivity index (χ2n) is 4.83. The molecule has 0 saturated carbocycles. The second-order valence-corrected chi connectivity index (χ2v) is 4.83. The third-order valence-corrected chi connectivity index (χ3v) is 3.45. The summed E-state index contributed by atoms with van der Waals surface area (Å²) in [5, 5.41) is 3.41. The Morgan fingerprint density at radius 1 is 0.944 bits per heavy atom. The topological polar surface area (TPSA) is 12.0 Å². The SMILES string of the molecule is FC(F)(F)c1ccc(C2CCCCCCN2)cc1. The number of alkyl halides is 3. The number of nitrogens with one attached hydrogen (secondary N) is 1. The summed E-state index contributed by atoms with van der Waals surface area (Å²) in [5.41, 5.74) is 0.391. The van der Waals surface area contributed by atoms with Gasteiger partial charge in [-0.1, -0.05) is 31.4 Å². The van der Waals surface area contributed by atoms with E-state index >= 15 is 0 Å². The fraction of sp³-hybridized carbons (Fsp3) is 0.571. The van der Waals surface area contributed by atoms with Gasteiger partial charge in [-0.2, -0.15) is 13.2 Å². The summed E-state index contributed by atoms with van der Waals surface area (Å²) in [4.78, 5) is 0. The largest absolute Gasteiger partial charge is 0.416 e. The van der Waals surface area contributed by atoms with Gasteiger partial charge in [-0.05, 0) is 37.1 Å². The summed E-state index contributed by atoms with van der Waals surface area (Å²) in [7, 11) is 0. The van der Waals surface area contributed by atoms with E-state index in [4.69, 9.17) is 0 Å². The molecule has 1 nitrogen and oxygen atoms in total. The van der Waals surface area contributed by atoms with Crippen LogP contribution in [0.4, 0.5) is 13.2 Å². The van der Waals surface area contributed by atoms with Crippen molar-refractivity contribution in [3.63, 3.8) is 0 Å². The van der Waals surface area contributed by atoms with Gasteiger partial charge in [-0.15, -0.1) is 0 Å². The summed E-state index contributed by atoms with van der Waals surface area (Å²) in [5.74, 6) is 0. The zero-order chi connectivity index (χ0) is 13.0. The highest BCUT2D eigenvalue weighted by Gasteiger charge is 2.30. The molecule has 1 saturated heterocycles. The van der Waals surface area contributed by atoms with E-state index in [2.05, 4.69) is 5.32 Å². The molecule has 1 fully saturated rings. The highest BCUT2D eigenvalue weighted by Crippen LogP contribution is 2.30. The van der Waals surface area contributed by atoms with Crippen molar-refractivity contribution in [3.05, 3.63) is 35.4 Å². The fourth-order valence-corrected chi connectivity index (χ4v) is 2.39. The number of hydrogen-bond donors (Lipinski definition) is 1. The summed E-state index contributed by atoms with van der Waals surface area (Å²) in [6.45, 7) is 0.950. The van der Waals surface area contributed by atoms with E-state index < -0.39 is 11.7 Å². The fourth-order valence-electron chi connectivity index (χ4n) is 2.39. The maximum absolute atomic E-state index is 12.5. The molecule has 1 aromatic carbocycles. The number of hydrogen-bond acceptors (Lipinski definition) is 1. The Morgan fingerprint density at radius 3 is 2.28 bits per heavy atom. The van der Waals surface area contributed by atoms with Crippen LogP contribution >= 0.6 is 0 Å². The van der Waals surface area contributed by atoms with E-state index in [0.717, 1.165) is 31.4 Å². The Hall–Kier alpha value is -1.03. The van der Waals surface area contributed by atoms with Gasteiger partial charge < -0.3 is 5.32 Å². The summed E-state index contributed by atoms with van der Waals surface area (Å²) >= 11 is 0. The molecule has 1 unspecified atom stereocenters. The first kappa shape index (κ1) is 13.4. The van der Waals surface area contributed by atoms with Gasteiger partial charge in [0.05, 0.1) is 5.56 Å². The molecular weight excluding hydrogens is 239 g/mol. The molecule has 1 aliphatic heterocycles. The predicted molar refractivity (Wildman–Crippen MR) is 65.3 cm³/mol. The zero-order valence-electron chi connectivity index (χ0n) is 10.3. The Kier molecular flexibility index (Phi) is 4.27. The Balaban J connectivity index is 2.07. The zero-order valence-corrected chi connectivity index (χ0v) is 10.3. The van der Waals surface area contributed by atoms with Crippen molar-refractivity contribution in [3.8, 4) is 0 Å². The first-order valence-electron chi connectivity index (χ1n) is 6.48. The normalized spacial score (nSPS) is 22.3. The summed E-state index contributed by atoms with van der Waals surface area (Å²) < 4.78 is 37.4. The minimum Gasteiger partial charge on any atom is -0.310 e. The van der Waals surface area contributed by atoms with E-state index in [1.807, 2.05) is 0 Å². The van der Waals surface area contributed by atoms with E-state index in [0.29, 0.717) is 0 Å². The molecule has 1 N–H and O–H groups in total. The highest BCUT2D eigenvalue weighted by atomic mass is 19.4. The minimum absolute atomic E-state index is 0.201. The van der Waals surface area contributed by atoms with Gasteiger partial charge in [0.2, 0.25) is 0 Å². The Morgan fingerprint density at radius 2 is 1.61 bits per heavy atom. The van der Waals surface area contributed by atoms with Crippen molar-refractivity contribution in [1.29, 1.82) is 0 Å². The maximum Gasteiger partial charge on any atom is 0.416 e. The lowest BCUT2D eigenvalue weighted by Gasteiger charge is -2.22. The van der Waals surface area contributed by atoms with Gasteiger partial charge in [0.25, 0.3) is 0 Å². The molecule has 1 aromatic rings. The van der Waals surface area contributed by atoms with Gasteiger partial charge >= 0.3 is 6.18 Å². The minimum atomic E-state index is -4.24. The van der Waals surface area contributed by atoms with Crippen molar-refractivity contribution in [2.45, 2.75) is 44.3 Å². The molecular formula is C14H18F3N. The Labute approximate surface area is 105 Å². The van der Waals surface area contributed by atoms with Crippen LogP contribution in [0.15, 0.2) is 24.3 Å². The van der Waals surface area contributed by atoms with Crippen molar-refractivity contribution in [2.24, 2.45) is 0 Å². The first-order valence-corrected chi connectivity index (χ1v) is 6.48. The molecule has 0 aromatic heterocycles. The van der Waals surface area contributed by atoms with Gasteiger partial charge in [-0.25, -0.2) is 0 Å². The maximum atomic E-state index is 12.5. The van der Waals surface area contributed by atoms with Crippen LogP contribution in [-0.4, -0.2) is 6.54 Å². The predicted octanol–water partition coefficient (Wildman–Crippen LogP) is 4.30. The standard InChI is InChI=1S/C14H18F3N/c15-14(16,17)12-8-6-11(7-9-12)13-5-3-1-2-4-10-18-13/h6-9,13,18H,1-5,10H2. The summed E-state index contributed by atoms with van der Waals surface area (Å²) in [6, 6.07) is 5.75. The van der Waals surface area contributed by atoms with Crippen LogP contribution in [0.25, 0.3) is 0 Å². The average molecular weight is 257 g/mol. The van der Waals surface area contributed by atoms with Crippen molar-refractivity contribution in [2.75, 3.05) is 6.54 Å². The molecule has 1 aliphatic rings. The third-order valence-electron chi connectivity index (χ3n) is 3.45. The van der Waals surface area contributed by atoms with Crippen LogP contribution < -0.4 is 5.32 Å². The molecule has 4 heteroatoms. The van der Waals surface area contributed by atoms with E-state index in [-0.39, 0.29) is 6.04 Å². The van der Waals surface area contributed by atoms with Gasteiger partial charge in [0.15, 0.2) is 0 Å². The second kappa shape index (κ2) is 5.74. The summed E-state index contributed by atoms with van der Waals surface area (Å²) in [6.07, 6.45) is 1.51. The number of halogens is 3. The molecule has 0 bridgehead atoms. The smallest absolute Gasteiger partial charge is 0.310 e. The monoisotopic (exact) mass is 257 g/mol. The molecule has 0 amide bonds. The first-order chi connectivity index (χ1) is 8.57. The molecule has 0 spiro atoms. The quantitative estimate of drug-likeness (QED) is 0.791. The third kappa shape index (κ3) is 3.48. The van der Waals surface area contributed by atoms with Crippen molar-refractivity contribution < 1.29 is 13.2 Å². The van der Waals surface area contributed by atoms with Crippen LogP contribution in [0.1, 0.15) is 49.3 Å². The highest BCUT2D eigenvalue weighted by molar-refractivity contribution is 5.26. The lowest BCUT2D eigenvalue weighted by atomic mass is 9.97. The molecule has 1 heterocycles. The lowest BCUT2D eigenvalue weighted by molar-refractivity contribution is -0.137. The Bertz CT molecular complexity index is 362. The molecule has 2 rings (SSSR count). The molecule has 1 atom stereocenters. The van der Waals surface area contributed by atoms with Crippen LogP contribution in [0, 0.1) is 0 Å². The van der Waals surface area contributed by atoms with Crippen LogP contribution in [0.2, 0.25) is 0 Å². The van der Waals surface area contributed by atoms with Gasteiger partial charge in [0, 0.05) is 6.04 Å². The van der Waals surface area contributed by atoms with Crippen molar-refractivity contribution in [1.82, 2.24) is 5.32 Å². The number of benzene rings is 1. The van der Waals surface area contributed by atoms with Gasteiger partial charge in [0.1, 0.15) is 0 Å². The molecule has 0 radical (unpaired) electrons. The molecule has 18 heavy (non-hydrogen) atoms.